The van der Waals surface area contributed by atoms with Crippen LogP contribution in [-0.4, -0.2) is 11.7 Å². The van der Waals surface area contributed by atoms with Gasteiger partial charge in [-0.05, 0) is 19.9 Å². The van der Waals surface area contributed by atoms with E-state index in [1.54, 1.807) is 18.2 Å². The molecule has 14 heavy (non-hydrogen) atoms. The van der Waals surface area contributed by atoms with Gasteiger partial charge in [0.2, 0.25) is 0 Å². The van der Waals surface area contributed by atoms with Crippen molar-refractivity contribution in [3.05, 3.63) is 29.8 Å². The van der Waals surface area contributed by atoms with Gasteiger partial charge in [0, 0.05) is 5.56 Å². The van der Waals surface area contributed by atoms with Gasteiger partial charge in [-0.15, -0.1) is 0 Å². The molecule has 0 saturated carbocycles. The monoisotopic (exact) mass is 202 g/mol. The summed E-state index contributed by atoms with van der Waals surface area (Å²) >= 11 is 0. The second-order valence-corrected chi connectivity index (χ2v) is 3.43. The minimum Gasteiger partial charge on any atom is -0.434 e. The summed E-state index contributed by atoms with van der Waals surface area (Å²) in [5.74, 6) is 0.00926. The summed E-state index contributed by atoms with van der Waals surface area (Å²) in [6, 6.07) is 6.19. The van der Waals surface area contributed by atoms with Crippen molar-refractivity contribution in [2.45, 2.75) is 26.1 Å². The molecule has 0 bridgehead atoms. The molecule has 78 valence electrons. The molecule has 0 amide bonds. The highest BCUT2D eigenvalue weighted by molar-refractivity contribution is 5.37. The molecule has 0 aliphatic rings. The van der Waals surface area contributed by atoms with Crippen LogP contribution >= 0.6 is 0 Å². The molecule has 0 spiro atoms. The quantitative estimate of drug-likeness (QED) is 0.816. The van der Waals surface area contributed by atoms with E-state index < -0.39 is 12.2 Å². The number of hydrogen-bond acceptors (Lipinski definition) is 2. The third kappa shape index (κ3) is 2.67. The SMILES string of the molecule is CC(C)(O)c1ccccc1OC(F)F. The smallest absolute Gasteiger partial charge is 0.387 e. The van der Waals surface area contributed by atoms with E-state index in [2.05, 4.69) is 4.74 Å². The van der Waals surface area contributed by atoms with Crippen LogP contribution in [0.25, 0.3) is 0 Å². The highest BCUT2D eigenvalue weighted by atomic mass is 19.3. The summed E-state index contributed by atoms with van der Waals surface area (Å²) < 4.78 is 28.2. The summed E-state index contributed by atoms with van der Waals surface area (Å²) in [5.41, 5.74) is -0.842. The normalized spacial score (nSPS) is 11.9. The van der Waals surface area contributed by atoms with E-state index in [0.29, 0.717) is 5.56 Å². The van der Waals surface area contributed by atoms with Crippen LogP contribution in [0.2, 0.25) is 0 Å². The first-order valence-corrected chi connectivity index (χ1v) is 4.18. The Bertz CT molecular complexity index is 305. The number of halogens is 2. The molecule has 1 rings (SSSR count). The fraction of sp³-hybridized carbons (Fsp3) is 0.400. The van der Waals surface area contributed by atoms with Crippen molar-refractivity contribution in [1.82, 2.24) is 0 Å². The molecule has 0 saturated heterocycles. The zero-order valence-corrected chi connectivity index (χ0v) is 8.00. The molecule has 0 heterocycles. The van der Waals surface area contributed by atoms with Crippen LogP contribution < -0.4 is 4.74 Å². The van der Waals surface area contributed by atoms with Gasteiger partial charge in [0.05, 0.1) is 5.60 Å². The first kappa shape index (κ1) is 10.9. The van der Waals surface area contributed by atoms with Crippen LogP contribution in [0.1, 0.15) is 19.4 Å². The molecule has 1 aromatic rings. The van der Waals surface area contributed by atoms with Crippen LogP contribution in [0.15, 0.2) is 24.3 Å². The van der Waals surface area contributed by atoms with Crippen LogP contribution in [0, 0.1) is 0 Å². The molecule has 0 aliphatic heterocycles. The van der Waals surface area contributed by atoms with Crippen molar-refractivity contribution in [2.24, 2.45) is 0 Å². The van der Waals surface area contributed by atoms with Gasteiger partial charge in [-0.2, -0.15) is 8.78 Å². The number of para-hydroxylation sites is 1. The maximum atomic E-state index is 12.0. The van der Waals surface area contributed by atoms with Gasteiger partial charge in [0.1, 0.15) is 5.75 Å². The van der Waals surface area contributed by atoms with Gasteiger partial charge in [-0.1, -0.05) is 18.2 Å². The van der Waals surface area contributed by atoms with Crippen LogP contribution in [-0.2, 0) is 5.60 Å². The average Bonchev–Trinajstić information content (AvgIpc) is 2.01. The van der Waals surface area contributed by atoms with E-state index in [1.807, 2.05) is 0 Å². The fourth-order valence-electron chi connectivity index (χ4n) is 1.17. The molecule has 2 nitrogen and oxygen atoms in total. The molecular formula is C10H12F2O2. The largest absolute Gasteiger partial charge is 0.434 e. The first-order chi connectivity index (χ1) is 6.41. The average molecular weight is 202 g/mol. The van der Waals surface area contributed by atoms with Gasteiger partial charge < -0.3 is 9.84 Å². The highest BCUT2D eigenvalue weighted by Gasteiger charge is 2.21. The Morgan fingerprint density at radius 1 is 1.29 bits per heavy atom. The lowest BCUT2D eigenvalue weighted by Gasteiger charge is -2.21. The summed E-state index contributed by atoms with van der Waals surface area (Å²) in [6.45, 7) is 0.153. The van der Waals surface area contributed by atoms with Gasteiger partial charge in [0.15, 0.2) is 0 Å². The highest BCUT2D eigenvalue weighted by Crippen LogP contribution is 2.30. The summed E-state index contributed by atoms with van der Waals surface area (Å²) in [7, 11) is 0. The third-order valence-electron chi connectivity index (χ3n) is 1.76. The van der Waals surface area contributed by atoms with Gasteiger partial charge >= 0.3 is 6.61 Å². The number of ether oxygens (including phenoxy) is 1. The Labute approximate surface area is 81.1 Å². The van der Waals surface area contributed by atoms with Gasteiger partial charge in [-0.3, -0.25) is 0 Å². The topological polar surface area (TPSA) is 29.5 Å². The fourth-order valence-corrected chi connectivity index (χ4v) is 1.17. The molecule has 4 heteroatoms. The lowest BCUT2D eigenvalue weighted by molar-refractivity contribution is -0.0531. The van der Waals surface area contributed by atoms with E-state index >= 15 is 0 Å². The van der Waals surface area contributed by atoms with Crippen molar-refractivity contribution >= 4 is 0 Å². The van der Waals surface area contributed by atoms with Crippen molar-refractivity contribution in [3.8, 4) is 5.75 Å². The zero-order valence-electron chi connectivity index (χ0n) is 8.00. The Kier molecular flexibility index (Phi) is 3.06. The van der Waals surface area contributed by atoms with Crippen LogP contribution in [0.3, 0.4) is 0 Å². The lowest BCUT2D eigenvalue weighted by Crippen LogP contribution is -2.18. The Hall–Kier alpha value is -1.16. The second kappa shape index (κ2) is 3.92. The lowest BCUT2D eigenvalue weighted by atomic mass is 9.97. The number of rotatable bonds is 3. The number of alkyl halides is 2. The first-order valence-electron chi connectivity index (χ1n) is 4.18. The molecule has 0 radical (unpaired) electrons. The van der Waals surface area contributed by atoms with E-state index in [9.17, 15) is 13.9 Å². The standard InChI is InChI=1S/C10H12F2O2/c1-10(2,13)7-5-3-4-6-8(7)14-9(11)12/h3-6,9,13H,1-2H3. The summed E-state index contributed by atoms with van der Waals surface area (Å²) in [5, 5.41) is 9.66. The maximum absolute atomic E-state index is 12.0. The van der Waals surface area contributed by atoms with Gasteiger partial charge in [-0.25, -0.2) is 0 Å². The predicted molar refractivity (Wildman–Crippen MR) is 48.3 cm³/mol. The molecule has 1 N–H and O–H groups in total. The second-order valence-electron chi connectivity index (χ2n) is 3.43. The third-order valence-corrected chi connectivity index (χ3v) is 1.76. The number of benzene rings is 1. The molecule has 1 aromatic carbocycles. The van der Waals surface area contributed by atoms with Gasteiger partial charge in [0.25, 0.3) is 0 Å². The van der Waals surface area contributed by atoms with Crippen LogP contribution in [0.5, 0.6) is 5.75 Å². The minimum absolute atomic E-state index is 0.00926. The van der Waals surface area contributed by atoms with Crippen LogP contribution in [0.4, 0.5) is 8.78 Å². The summed E-state index contributed by atoms with van der Waals surface area (Å²) in [4.78, 5) is 0. The maximum Gasteiger partial charge on any atom is 0.387 e. The van der Waals surface area contributed by atoms with Crippen molar-refractivity contribution in [1.29, 1.82) is 0 Å². The van der Waals surface area contributed by atoms with E-state index in [4.69, 9.17) is 0 Å². The zero-order chi connectivity index (χ0) is 10.8. The van der Waals surface area contributed by atoms with Crippen molar-refractivity contribution in [3.63, 3.8) is 0 Å². The minimum atomic E-state index is -2.88. The Morgan fingerprint density at radius 2 is 1.86 bits per heavy atom. The van der Waals surface area contributed by atoms with E-state index in [1.165, 1.54) is 19.9 Å². The predicted octanol–water partition coefficient (Wildman–Crippen LogP) is 2.52. The molecule has 0 fully saturated rings. The Balaban J connectivity index is 3.04. The molecular weight excluding hydrogens is 190 g/mol. The number of aliphatic hydroxyl groups is 1. The van der Waals surface area contributed by atoms with E-state index in [-0.39, 0.29) is 5.75 Å². The molecule has 0 unspecified atom stereocenters. The van der Waals surface area contributed by atoms with Crippen molar-refractivity contribution < 1.29 is 18.6 Å². The van der Waals surface area contributed by atoms with E-state index in [0.717, 1.165) is 0 Å². The molecule has 0 atom stereocenters. The molecule has 0 aromatic heterocycles. The summed E-state index contributed by atoms with van der Waals surface area (Å²) in [6.07, 6.45) is 0. The van der Waals surface area contributed by atoms with Crippen molar-refractivity contribution in [2.75, 3.05) is 0 Å². The number of hydrogen-bond donors (Lipinski definition) is 1. The Morgan fingerprint density at radius 3 is 2.36 bits per heavy atom. The molecule has 0 aliphatic carbocycles.